The topological polar surface area (TPSA) is 68.5 Å². The first-order valence-corrected chi connectivity index (χ1v) is 6.08. The van der Waals surface area contributed by atoms with Crippen molar-refractivity contribution in [3.63, 3.8) is 0 Å². The van der Waals surface area contributed by atoms with Gasteiger partial charge >= 0.3 is 0 Å². The first-order chi connectivity index (χ1) is 6.56. The van der Waals surface area contributed by atoms with Crippen molar-refractivity contribution in [2.45, 2.75) is 5.09 Å². The second kappa shape index (κ2) is 4.92. The van der Waals surface area contributed by atoms with E-state index < -0.39 is 10.0 Å². The molecule has 0 aromatic carbocycles. The highest BCUT2D eigenvalue weighted by molar-refractivity contribution is 9.10. The molecule has 1 rings (SSSR count). The first-order valence-electron chi connectivity index (χ1n) is 3.80. The molecule has 7 heteroatoms. The molecule has 0 spiro atoms. The molecule has 1 heterocycles. The second-order valence-corrected chi connectivity index (χ2v) is 4.93. The Morgan fingerprint density at radius 1 is 1.57 bits per heavy atom. The molecule has 0 amide bonds. The number of hydrogen-bond donors (Lipinski definition) is 1. The largest absolute Gasteiger partial charge is 0.437 e. The third kappa shape index (κ3) is 3.09. The van der Waals surface area contributed by atoms with E-state index in [1.54, 1.807) is 0 Å². The third-order valence-electron chi connectivity index (χ3n) is 1.41. The minimum Gasteiger partial charge on any atom is -0.437 e. The Labute approximate surface area is 90.6 Å². The molecule has 0 saturated heterocycles. The second-order valence-electron chi connectivity index (χ2n) is 2.45. The maximum atomic E-state index is 11.4. The Morgan fingerprint density at radius 3 is 2.79 bits per heavy atom. The molecule has 0 fully saturated rings. The molecule has 1 N–H and O–H groups in total. The van der Waals surface area contributed by atoms with Gasteiger partial charge in [0, 0.05) is 13.7 Å². The molecule has 14 heavy (non-hydrogen) atoms. The summed E-state index contributed by atoms with van der Waals surface area (Å²) in [5, 5.41) is -0.111. The third-order valence-corrected chi connectivity index (χ3v) is 3.17. The molecule has 0 unspecified atom stereocenters. The molecule has 1 aromatic heterocycles. The Balaban J connectivity index is 2.66. The number of furan rings is 1. The van der Waals surface area contributed by atoms with Gasteiger partial charge in [0.1, 0.15) is 0 Å². The van der Waals surface area contributed by atoms with Gasteiger partial charge in [-0.05, 0) is 28.1 Å². The van der Waals surface area contributed by atoms with Gasteiger partial charge < -0.3 is 9.15 Å². The van der Waals surface area contributed by atoms with E-state index in [1.165, 1.54) is 19.2 Å². The lowest BCUT2D eigenvalue weighted by molar-refractivity contribution is 0.204. The van der Waals surface area contributed by atoms with Crippen LogP contribution in [0.3, 0.4) is 0 Å². The SMILES string of the molecule is COCCNS(=O)(=O)c1ccc(Br)o1. The number of methoxy groups -OCH3 is 1. The lowest BCUT2D eigenvalue weighted by Crippen LogP contribution is -2.26. The summed E-state index contributed by atoms with van der Waals surface area (Å²) in [4.78, 5) is 0. The smallest absolute Gasteiger partial charge is 0.274 e. The lowest BCUT2D eigenvalue weighted by atomic mass is 10.7. The van der Waals surface area contributed by atoms with E-state index in [1.807, 2.05) is 0 Å². The van der Waals surface area contributed by atoms with Crippen molar-refractivity contribution in [2.75, 3.05) is 20.3 Å². The molecule has 0 radical (unpaired) electrons. The standard InChI is InChI=1S/C7H10BrNO4S/c1-12-5-4-9-14(10,11)7-3-2-6(8)13-7/h2-3,9H,4-5H2,1H3. The van der Waals surface area contributed by atoms with Crippen molar-refractivity contribution in [3.8, 4) is 0 Å². The van der Waals surface area contributed by atoms with E-state index in [0.29, 0.717) is 11.3 Å². The lowest BCUT2D eigenvalue weighted by Gasteiger charge is -2.02. The minimum absolute atomic E-state index is 0.111. The van der Waals surface area contributed by atoms with Crippen LogP contribution in [-0.4, -0.2) is 28.7 Å². The van der Waals surface area contributed by atoms with E-state index >= 15 is 0 Å². The van der Waals surface area contributed by atoms with Crippen LogP contribution >= 0.6 is 15.9 Å². The minimum atomic E-state index is -3.54. The van der Waals surface area contributed by atoms with Gasteiger partial charge in [-0.1, -0.05) is 0 Å². The fraction of sp³-hybridized carbons (Fsp3) is 0.429. The van der Waals surface area contributed by atoms with Crippen LogP contribution in [0.2, 0.25) is 0 Å². The highest BCUT2D eigenvalue weighted by atomic mass is 79.9. The number of hydrogen-bond acceptors (Lipinski definition) is 4. The van der Waals surface area contributed by atoms with E-state index in [4.69, 9.17) is 9.15 Å². The fourth-order valence-electron chi connectivity index (χ4n) is 0.791. The van der Waals surface area contributed by atoms with Gasteiger partial charge in [0.05, 0.1) is 6.61 Å². The zero-order valence-electron chi connectivity index (χ0n) is 7.49. The van der Waals surface area contributed by atoms with Crippen molar-refractivity contribution >= 4 is 26.0 Å². The molecule has 1 aromatic rings. The predicted molar refractivity (Wildman–Crippen MR) is 53.5 cm³/mol. The van der Waals surface area contributed by atoms with Crippen molar-refractivity contribution in [3.05, 3.63) is 16.8 Å². The summed E-state index contributed by atoms with van der Waals surface area (Å²) in [6.45, 7) is 0.540. The molecule has 0 aliphatic heterocycles. The van der Waals surface area contributed by atoms with Crippen LogP contribution < -0.4 is 4.72 Å². The fourth-order valence-corrected chi connectivity index (χ4v) is 2.15. The van der Waals surface area contributed by atoms with Crippen LogP contribution in [0.1, 0.15) is 0 Å². The van der Waals surface area contributed by atoms with Crippen molar-refractivity contribution < 1.29 is 17.6 Å². The van der Waals surface area contributed by atoms with Gasteiger partial charge in [-0.15, -0.1) is 0 Å². The zero-order chi connectivity index (χ0) is 10.6. The highest BCUT2D eigenvalue weighted by Gasteiger charge is 2.17. The van der Waals surface area contributed by atoms with Crippen molar-refractivity contribution in [1.82, 2.24) is 4.72 Å². The van der Waals surface area contributed by atoms with Crippen LogP contribution in [0.4, 0.5) is 0 Å². The molecule has 0 aliphatic carbocycles. The molecular formula is C7H10BrNO4S. The predicted octanol–water partition coefficient (Wildman–Crippen LogP) is 0.967. The number of ether oxygens (including phenoxy) is 1. The first kappa shape index (κ1) is 11.7. The number of sulfonamides is 1. The maximum absolute atomic E-state index is 11.4. The molecule has 0 atom stereocenters. The van der Waals surface area contributed by atoms with E-state index in [-0.39, 0.29) is 11.6 Å². The Hall–Kier alpha value is -0.370. The van der Waals surface area contributed by atoms with Crippen LogP contribution in [0.5, 0.6) is 0 Å². The summed E-state index contributed by atoms with van der Waals surface area (Å²) in [7, 11) is -2.04. The maximum Gasteiger partial charge on any atom is 0.274 e. The zero-order valence-corrected chi connectivity index (χ0v) is 9.89. The average molecular weight is 284 g/mol. The average Bonchev–Trinajstić information content (AvgIpc) is 2.53. The summed E-state index contributed by atoms with van der Waals surface area (Å²) < 4.78 is 35.2. The van der Waals surface area contributed by atoms with Gasteiger partial charge in [-0.2, -0.15) is 0 Å². The number of halogens is 1. The van der Waals surface area contributed by atoms with Gasteiger partial charge in [-0.25, -0.2) is 13.1 Å². The van der Waals surface area contributed by atoms with Crippen LogP contribution in [0.25, 0.3) is 0 Å². The summed E-state index contributed by atoms with van der Waals surface area (Å²) >= 11 is 3.02. The molecule has 0 saturated carbocycles. The normalized spacial score (nSPS) is 11.9. The van der Waals surface area contributed by atoms with E-state index in [2.05, 4.69) is 20.7 Å². The van der Waals surface area contributed by atoms with Crippen LogP contribution in [0.15, 0.2) is 26.3 Å². The monoisotopic (exact) mass is 283 g/mol. The molecule has 0 aliphatic rings. The summed E-state index contributed by atoms with van der Waals surface area (Å²) in [5.41, 5.74) is 0. The Morgan fingerprint density at radius 2 is 2.29 bits per heavy atom. The van der Waals surface area contributed by atoms with Gasteiger partial charge in [0.15, 0.2) is 4.67 Å². The molecular weight excluding hydrogens is 274 g/mol. The summed E-state index contributed by atoms with van der Waals surface area (Å²) in [6.07, 6.45) is 0. The van der Waals surface area contributed by atoms with Gasteiger partial charge in [0.2, 0.25) is 5.09 Å². The quantitative estimate of drug-likeness (QED) is 0.818. The van der Waals surface area contributed by atoms with Gasteiger partial charge in [0.25, 0.3) is 10.0 Å². The highest BCUT2D eigenvalue weighted by Crippen LogP contribution is 2.17. The number of rotatable bonds is 5. The van der Waals surface area contributed by atoms with Crippen molar-refractivity contribution in [2.24, 2.45) is 0 Å². The van der Waals surface area contributed by atoms with Crippen LogP contribution in [-0.2, 0) is 14.8 Å². The molecule has 0 bridgehead atoms. The molecule has 80 valence electrons. The summed E-state index contributed by atoms with van der Waals surface area (Å²) in [5.74, 6) is 0. The Bertz CT molecular complexity index is 386. The van der Waals surface area contributed by atoms with E-state index in [9.17, 15) is 8.42 Å². The van der Waals surface area contributed by atoms with Crippen LogP contribution in [0, 0.1) is 0 Å². The van der Waals surface area contributed by atoms with Crippen molar-refractivity contribution in [1.29, 1.82) is 0 Å². The molecule has 5 nitrogen and oxygen atoms in total. The Kier molecular flexibility index (Phi) is 4.11. The van der Waals surface area contributed by atoms with Gasteiger partial charge in [-0.3, -0.25) is 0 Å². The van der Waals surface area contributed by atoms with E-state index in [0.717, 1.165) is 0 Å². The number of nitrogens with one attached hydrogen (secondary N) is 1. The summed E-state index contributed by atoms with van der Waals surface area (Å²) in [6, 6.07) is 2.89.